The second-order valence-electron chi connectivity index (χ2n) is 3.82. The molecule has 2 heterocycles. The molecule has 1 amide bonds. The lowest BCUT2D eigenvalue weighted by atomic mass is 10.3. The first-order valence-corrected chi connectivity index (χ1v) is 6.69. The maximum absolute atomic E-state index is 11.8. The molecule has 1 aromatic heterocycles. The van der Waals surface area contributed by atoms with E-state index in [1.807, 2.05) is 11.8 Å². The lowest BCUT2D eigenvalue weighted by Gasteiger charge is -2.20. The van der Waals surface area contributed by atoms with Crippen LogP contribution in [0.25, 0.3) is 0 Å². The number of thiazole rings is 1. The molecule has 18 heavy (non-hydrogen) atoms. The van der Waals surface area contributed by atoms with Crippen LogP contribution in [0, 0.1) is 0 Å². The fraction of sp³-hybridized carbons (Fsp3) is 0.545. The number of nitrogens with zero attached hydrogens (tertiary/aromatic N) is 2. The Bertz CT molecular complexity index is 460. The number of nitrogens with one attached hydrogen (secondary N) is 1. The van der Waals surface area contributed by atoms with Gasteiger partial charge in [0.15, 0.2) is 0 Å². The van der Waals surface area contributed by atoms with Crippen molar-refractivity contribution in [3.63, 3.8) is 0 Å². The molecule has 2 rings (SSSR count). The van der Waals surface area contributed by atoms with Crippen molar-refractivity contribution in [1.82, 2.24) is 15.2 Å². The Kier molecular flexibility index (Phi) is 3.93. The van der Waals surface area contributed by atoms with Crippen molar-refractivity contribution >= 4 is 23.2 Å². The molecule has 1 saturated heterocycles. The van der Waals surface area contributed by atoms with Crippen LogP contribution in [0.15, 0.2) is 5.51 Å². The molecule has 0 spiro atoms. The van der Waals surface area contributed by atoms with Gasteiger partial charge in [-0.15, -0.1) is 11.3 Å². The highest BCUT2D eigenvalue weighted by Crippen LogP contribution is 2.26. The van der Waals surface area contributed by atoms with E-state index in [1.54, 1.807) is 12.4 Å². The monoisotopic (exact) mass is 269 g/mol. The molecule has 1 aliphatic heterocycles. The van der Waals surface area contributed by atoms with Gasteiger partial charge in [-0.3, -0.25) is 9.69 Å². The van der Waals surface area contributed by atoms with Crippen LogP contribution >= 0.6 is 11.3 Å². The second kappa shape index (κ2) is 5.45. The molecule has 0 aromatic carbocycles. The van der Waals surface area contributed by atoms with Crippen molar-refractivity contribution in [3.8, 4) is 0 Å². The Morgan fingerprint density at radius 1 is 1.67 bits per heavy atom. The first-order valence-electron chi connectivity index (χ1n) is 5.81. The van der Waals surface area contributed by atoms with Crippen molar-refractivity contribution in [2.24, 2.45) is 0 Å². The van der Waals surface area contributed by atoms with Gasteiger partial charge < -0.3 is 10.1 Å². The molecule has 1 aromatic rings. The van der Waals surface area contributed by atoms with Crippen molar-refractivity contribution in [2.45, 2.75) is 20.0 Å². The highest BCUT2D eigenvalue weighted by atomic mass is 32.1. The van der Waals surface area contributed by atoms with Crippen LogP contribution in [0.1, 0.15) is 35.4 Å². The molecule has 98 valence electrons. The third kappa shape index (κ3) is 2.37. The lowest BCUT2D eigenvalue weighted by molar-refractivity contribution is -0.118. The molecular weight excluding hydrogens is 254 g/mol. The number of amides is 1. The van der Waals surface area contributed by atoms with E-state index in [1.165, 1.54) is 11.3 Å². The first kappa shape index (κ1) is 13.0. The Hall–Kier alpha value is -1.47. The van der Waals surface area contributed by atoms with Gasteiger partial charge in [0.25, 0.3) is 0 Å². The Morgan fingerprint density at radius 2 is 2.44 bits per heavy atom. The smallest absolute Gasteiger partial charge is 0.350 e. The van der Waals surface area contributed by atoms with Crippen LogP contribution in [0.2, 0.25) is 0 Å². The molecule has 1 fully saturated rings. The molecule has 1 atom stereocenters. The van der Waals surface area contributed by atoms with Crippen molar-refractivity contribution in [1.29, 1.82) is 0 Å². The maximum Gasteiger partial charge on any atom is 0.350 e. The average molecular weight is 269 g/mol. The fourth-order valence-corrected chi connectivity index (χ4v) is 2.61. The number of aromatic nitrogens is 1. The normalized spacial score (nSPS) is 19.9. The molecule has 7 heteroatoms. The molecule has 0 saturated carbocycles. The van der Waals surface area contributed by atoms with Crippen molar-refractivity contribution < 1.29 is 14.3 Å². The van der Waals surface area contributed by atoms with Gasteiger partial charge in [0.2, 0.25) is 5.91 Å². The summed E-state index contributed by atoms with van der Waals surface area (Å²) < 4.78 is 4.98. The van der Waals surface area contributed by atoms with E-state index in [0.717, 1.165) is 0 Å². The summed E-state index contributed by atoms with van der Waals surface area (Å²) in [6, 6.07) is 0. The molecule has 1 N–H and O–H groups in total. The summed E-state index contributed by atoms with van der Waals surface area (Å²) >= 11 is 1.23. The van der Waals surface area contributed by atoms with E-state index in [4.69, 9.17) is 4.74 Å². The van der Waals surface area contributed by atoms with Gasteiger partial charge >= 0.3 is 5.97 Å². The van der Waals surface area contributed by atoms with Gasteiger partial charge in [-0.25, -0.2) is 9.78 Å². The summed E-state index contributed by atoms with van der Waals surface area (Å²) in [7, 11) is 0. The van der Waals surface area contributed by atoms with E-state index in [0.29, 0.717) is 30.3 Å². The third-order valence-electron chi connectivity index (χ3n) is 2.73. The minimum absolute atomic E-state index is 0.0512. The van der Waals surface area contributed by atoms with Crippen LogP contribution in [0.4, 0.5) is 0 Å². The summed E-state index contributed by atoms with van der Waals surface area (Å²) in [6.45, 7) is 5.09. The molecule has 1 unspecified atom stereocenters. The zero-order valence-corrected chi connectivity index (χ0v) is 11.1. The topological polar surface area (TPSA) is 71.5 Å². The average Bonchev–Trinajstić information content (AvgIpc) is 2.94. The molecule has 6 nitrogen and oxygen atoms in total. The number of hydrogen-bond acceptors (Lipinski definition) is 6. The number of likely N-dealkylation sites (N-methyl/N-ethyl adjacent to an activating group) is 1. The number of hydrogen-bond donors (Lipinski definition) is 1. The standard InChI is InChI=1S/C11H15N3O3S/c1-3-14-5-7(15)13-10(14)8-9(18-6-12-8)11(16)17-4-2/h6,10H,3-5H2,1-2H3,(H,13,15). The van der Waals surface area contributed by atoms with Gasteiger partial charge in [0.05, 0.1) is 18.7 Å². The third-order valence-corrected chi connectivity index (χ3v) is 3.55. The fourth-order valence-electron chi connectivity index (χ4n) is 1.90. The zero-order valence-electron chi connectivity index (χ0n) is 10.3. The summed E-state index contributed by atoms with van der Waals surface area (Å²) in [5.41, 5.74) is 2.17. The SMILES string of the molecule is CCOC(=O)c1scnc1C1NC(=O)CN1CC. The van der Waals surface area contributed by atoms with Crippen LogP contribution < -0.4 is 5.32 Å². The van der Waals surface area contributed by atoms with Gasteiger partial charge in [0, 0.05) is 0 Å². The van der Waals surface area contributed by atoms with Crippen LogP contribution in [0.5, 0.6) is 0 Å². The number of carbonyl (C=O) groups excluding carboxylic acids is 2. The van der Waals surface area contributed by atoms with Crippen LogP contribution in [-0.2, 0) is 9.53 Å². The molecule has 0 bridgehead atoms. The quantitative estimate of drug-likeness (QED) is 0.817. The predicted molar refractivity (Wildman–Crippen MR) is 66.2 cm³/mol. The van der Waals surface area contributed by atoms with E-state index in [-0.39, 0.29) is 18.0 Å². The molecule has 0 aliphatic carbocycles. The Balaban J connectivity index is 2.25. The minimum Gasteiger partial charge on any atom is -0.462 e. The highest BCUT2D eigenvalue weighted by molar-refractivity contribution is 7.11. The largest absolute Gasteiger partial charge is 0.462 e. The second-order valence-corrected chi connectivity index (χ2v) is 4.68. The van der Waals surface area contributed by atoms with Gasteiger partial charge in [0.1, 0.15) is 16.7 Å². The molecule has 0 radical (unpaired) electrons. The van der Waals surface area contributed by atoms with Gasteiger partial charge in [-0.2, -0.15) is 0 Å². The lowest BCUT2D eigenvalue weighted by Crippen LogP contribution is -2.29. The summed E-state index contributed by atoms with van der Waals surface area (Å²) in [4.78, 5) is 29.8. The zero-order chi connectivity index (χ0) is 13.1. The molecule has 1 aliphatic rings. The summed E-state index contributed by atoms with van der Waals surface area (Å²) in [6.07, 6.45) is -0.326. The van der Waals surface area contributed by atoms with E-state index >= 15 is 0 Å². The predicted octanol–water partition coefficient (Wildman–Crippen LogP) is 0.770. The maximum atomic E-state index is 11.8. The van der Waals surface area contributed by atoms with Crippen LogP contribution in [0.3, 0.4) is 0 Å². The summed E-state index contributed by atoms with van der Waals surface area (Å²) in [5, 5.41) is 2.82. The Labute approximate surface area is 109 Å². The van der Waals surface area contributed by atoms with Crippen LogP contribution in [-0.4, -0.2) is 41.5 Å². The number of ether oxygens (including phenoxy) is 1. The number of esters is 1. The molecular formula is C11H15N3O3S. The highest BCUT2D eigenvalue weighted by Gasteiger charge is 2.34. The Morgan fingerprint density at radius 3 is 3.11 bits per heavy atom. The van der Waals surface area contributed by atoms with Gasteiger partial charge in [-0.05, 0) is 13.5 Å². The van der Waals surface area contributed by atoms with E-state index in [9.17, 15) is 9.59 Å². The minimum atomic E-state index is -0.382. The number of carbonyl (C=O) groups is 2. The van der Waals surface area contributed by atoms with E-state index < -0.39 is 0 Å². The van der Waals surface area contributed by atoms with Crippen molar-refractivity contribution in [3.05, 3.63) is 16.1 Å². The number of rotatable bonds is 4. The van der Waals surface area contributed by atoms with Gasteiger partial charge in [-0.1, -0.05) is 6.92 Å². The van der Waals surface area contributed by atoms with E-state index in [2.05, 4.69) is 10.3 Å². The summed E-state index contributed by atoms with van der Waals surface area (Å²) in [5.74, 6) is -0.433. The van der Waals surface area contributed by atoms with Crippen molar-refractivity contribution in [2.75, 3.05) is 19.7 Å². The first-order chi connectivity index (χ1) is 8.67.